The highest BCUT2D eigenvalue weighted by molar-refractivity contribution is 7.89. The van der Waals surface area contributed by atoms with Crippen LogP contribution in [0.4, 0.5) is 0 Å². The van der Waals surface area contributed by atoms with E-state index < -0.39 is 21.9 Å². The maximum Gasteiger partial charge on any atom is 0.326 e. The molecule has 0 spiro atoms. The van der Waals surface area contributed by atoms with Crippen molar-refractivity contribution in [2.45, 2.75) is 45.1 Å². The van der Waals surface area contributed by atoms with Crippen LogP contribution in [0, 0.1) is 0 Å². The maximum atomic E-state index is 13.2. The molecule has 0 bridgehead atoms. The molecule has 0 N–H and O–H groups in total. The van der Waals surface area contributed by atoms with Gasteiger partial charge in [0, 0.05) is 24.0 Å². The average molecular weight is 554 g/mol. The van der Waals surface area contributed by atoms with Crippen LogP contribution >= 0.6 is 11.3 Å². The summed E-state index contributed by atoms with van der Waals surface area (Å²) in [4.78, 5) is 30.4. The number of rotatable bonds is 10. The number of carbonyl (C=O) groups excluding carboxylic acids is 2. The lowest BCUT2D eigenvalue weighted by Crippen LogP contribution is -2.32. The lowest BCUT2D eigenvalue weighted by molar-refractivity contribution is -0.143. The third-order valence-corrected chi connectivity index (χ3v) is 9.09. The summed E-state index contributed by atoms with van der Waals surface area (Å²) in [5, 5.41) is 2.04. The van der Waals surface area contributed by atoms with Gasteiger partial charge in [0.25, 0.3) is 5.91 Å². The summed E-state index contributed by atoms with van der Waals surface area (Å²) in [5.41, 5.74) is 1.04. The number of ether oxygens (including phenoxy) is 1. The summed E-state index contributed by atoms with van der Waals surface area (Å²) in [6.07, 6.45) is 1.43. The molecule has 38 heavy (non-hydrogen) atoms. The topological polar surface area (TPSA) is 98.0 Å². The Bertz CT molecular complexity index is 1630. The van der Waals surface area contributed by atoms with Crippen LogP contribution in [0.5, 0.6) is 0 Å². The van der Waals surface area contributed by atoms with E-state index in [4.69, 9.17) is 4.74 Å². The summed E-state index contributed by atoms with van der Waals surface area (Å²) in [5.74, 6) is -0.950. The first-order chi connectivity index (χ1) is 18.3. The van der Waals surface area contributed by atoms with Crippen LogP contribution in [0.25, 0.3) is 21.0 Å². The molecule has 0 saturated carbocycles. The maximum absolute atomic E-state index is 13.2. The Morgan fingerprint density at radius 3 is 2.29 bits per heavy atom. The van der Waals surface area contributed by atoms with Gasteiger partial charge in [0.2, 0.25) is 10.0 Å². The molecule has 8 nitrogen and oxygen atoms in total. The van der Waals surface area contributed by atoms with Crippen molar-refractivity contribution in [3.05, 3.63) is 71.0 Å². The standard InChI is InChI=1S/C28H31N3O5S2/c1-4-17-30(18-5-2)38(34,35)22-14-11-21(12-15-22)27(33)29-28-31(19-25(32)36-6-3)24-16-13-20-9-7-8-10-23(20)26(24)37-28/h7-16H,4-6,17-19H2,1-3H3. The fraction of sp³-hybridized carbons (Fsp3) is 0.321. The van der Waals surface area contributed by atoms with E-state index in [9.17, 15) is 18.0 Å². The fourth-order valence-corrected chi connectivity index (χ4v) is 7.08. The molecular weight excluding hydrogens is 522 g/mol. The molecular formula is C28H31N3O5S2. The van der Waals surface area contributed by atoms with Gasteiger partial charge in [-0.15, -0.1) is 0 Å². The van der Waals surface area contributed by atoms with Gasteiger partial charge in [-0.05, 0) is 55.5 Å². The molecule has 4 rings (SSSR count). The van der Waals surface area contributed by atoms with E-state index in [-0.39, 0.29) is 23.6 Å². The molecule has 0 fully saturated rings. The smallest absolute Gasteiger partial charge is 0.326 e. The van der Waals surface area contributed by atoms with Crippen LogP contribution in [0.15, 0.2) is 70.6 Å². The number of sulfonamides is 1. The molecule has 0 unspecified atom stereocenters. The SMILES string of the molecule is CCCN(CCC)S(=O)(=O)c1ccc(C(=O)N=c2sc3c4ccccc4ccc3n2CC(=O)OCC)cc1. The van der Waals surface area contributed by atoms with Crippen molar-refractivity contribution in [2.75, 3.05) is 19.7 Å². The van der Waals surface area contributed by atoms with Crippen LogP contribution in [0.3, 0.4) is 0 Å². The van der Waals surface area contributed by atoms with Gasteiger partial charge >= 0.3 is 5.97 Å². The molecule has 0 aliphatic rings. The van der Waals surface area contributed by atoms with Gasteiger partial charge in [0.15, 0.2) is 4.80 Å². The molecule has 1 heterocycles. The summed E-state index contributed by atoms with van der Waals surface area (Å²) in [7, 11) is -3.65. The summed E-state index contributed by atoms with van der Waals surface area (Å²) >= 11 is 1.32. The molecule has 3 aromatic carbocycles. The van der Waals surface area contributed by atoms with Crippen molar-refractivity contribution in [2.24, 2.45) is 4.99 Å². The largest absolute Gasteiger partial charge is 0.465 e. The quantitative estimate of drug-likeness (QED) is 0.258. The number of amides is 1. The van der Waals surface area contributed by atoms with Crippen molar-refractivity contribution in [1.29, 1.82) is 0 Å². The van der Waals surface area contributed by atoms with Crippen molar-refractivity contribution in [1.82, 2.24) is 8.87 Å². The van der Waals surface area contributed by atoms with E-state index in [1.165, 1.54) is 39.9 Å². The molecule has 0 aliphatic carbocycles. The monoisotopic (exact) mass is 553 g/mol. The van der Waals surface area contributed by atoms with Crippen molar-refractivity contribution < 1.29 is 22.7 Å². The average Bonchev–Trinajstić information content (AvgIpc) is 3.25. The Morgan fingerprint density at radius 1 is 0.947 bits per heavy atom. The number of nitrogens with zero attached hydrogens (tertiary/aromatic N) is 3. The molecule has 1 aromatic heterocycles. The third-order valence-electron chi connectivity index (χ3n) is 6.05. The Hall–Kier alpha value is -3.34. The number of fused-ring (bicyclic) bond motifs is 3. The number of carbonyl (C=O) groups is 2. The normalized spacial score (nSPS) is 12.5. The Balaban J connectivity index is 1.74. The zero-order valence-electron chi connectivity index (χ0n) is 21.7. The summed E-state index contributed by atoms with van der Waals surface area (Å²) < 4.78 is 35.3. The van der Waals surface area contributed by atoms with E-state index in [0.29, 0.717) is 30.7 Å². The number of thiazole rings is 1. The predicted octanol–water partition coefficient (Wildman–Crippen LogP) is 4.97. The molecule has 200 valence electrons. The molecule has 0 radical (unpaired) electrons. The van der Waals surface area contributed by atoms with Gasteiger partial charge in [-0.2, -0.15) is 9.30 Å². The number of esters is 1. The van der Waals surface area contributed by atoms with Gasteiger partial charge < -0.3 is 9.30 Å². The lowest BCUT2D eigenvalue weighted by Gasteiger charge is -2.21. The second-order valence-corrected chi connectivity index (χ2v) is 11.7. The van der Waals surface area contributed by atoms with E-state index in [2.05, 4.69) is 4.99 Å². The van der Waals surface area contributed by atoms with Crippen LogP contribution in [-0.4, -0.2) is 48.9 Å². The summed E-state index contributed by atoms with van der Waals surface area (Å²) in [6, 6.07) is 17.6. The minimum Gasteiger partial charge on any atom is -0.465 e. The van der Waals surface area contributed by atoms with Gasteiger partial charge in [0.05, 0.1) is 21.7 Å². The van der Waals surface area contributed by atoms with Crippen LogP contribution in [0.2, 0.25) is 0 Å². The number of hydrogen-bond acceptors (Lipinski definition) is 6. The van der Waals surface area contributed by atoms with Crippen molar-refractivity contribution >= 4 is 54.2 Å². The molecule has 10 heteroatoms. The zero-order chi connectivity index (χ0) is 27.3. The van der Waals surface area contributed by atoms with Crippen LogP contribution < -0.4 is 4.80 Å². The fourth-order valence-electron chi connectivity index (χ4n) is 4.29. The van der Waals surface area contributed by atoms with E-state index >= 15 is 0 Å². The highest BCUT2D eigenvalue weighted by Crippen LogP contribution is 2.28. The minimum atomic E-state index is -3.65. The Kier molecular flexibility index (Phi) is 8.76. The van der Waals surface area contributed by atoms with Gasteiger partial charge in [-0.1, -0.05) is 55.5 Å². The van der Waals surface area contributed by atoms with Crippen LogP contribution in [0.1, 0.15) is 44.0 Å². The second-order valence-electron chi connectivity index (χ2n) is 8.76. The third kappa shape index (κ3) is 5.72. The Labute approximate surface area is 226 Å². The number of benzene rings is 3. The number of aromatic nitrogens is 1. The first-order valence-corrected chi connectivity index (χ1v) is 14.9. The van der Waals surface area contributed by atoms with Crippen LogP contribution in [-0.2, 0) is 26.1 Å². The van der Waals surface area contributed by atoms with Crippen molar-refractivity contribution in [3.8, 4) is 0 Å². The summed E-state index contributed by atoms with van der Waals surface area (Å²) in [6.45, 7) is 6.66. The first kappa shape index (κ1) is 27.7. The predicted molar refractivity (Wildman–Crippen MR) is 150 cm³/mol. The van der Waals surface area contributed by atoms with Crippen molar-refractivity contribution in [3.63, 3.8) is 0 Å². The molecule has 1 amide bonds. The van der Waals surface area contributed by atoms with Gasteiger partial charge in [-0.3, -0.25) is 9.59 Å². The molecule has 0 atom stereocenters. The highest BCUT2D eigenvalue weighted by Gasteiger charge is 2.23. The molecule has 4 aromatic rings. The van der Waals surface area contributed by atoms with Gasteiger partial charge in [-0.25, -0.2) is 8.42 Å². The van der Waals surface area contributed by atoms with E-state index in [0.717, 1.165) is 21.0 Å². The van der Waals surface area contributed by atoms with E-state index in [1.54, 1.807) is 11.5 Å². The minimum absolute atomic E-state index is 0.0832. The zero-order valence-corrected chi connectivity index (χ0v) is 23.3. The highest BCUT2D eigenvalue weighted by atomic mass is 32.2. The van der Waals surface area contributed by atoms with Gasteiger partial charge in [0.1, 0.15) is 6.54 Å². The lowest BCUT2D eigenvalue weighted by atomic mass is 10.1. The second kappa shape index (κ2) is 12.0. The first-order valence-electron chi connectivity index (χ1n) is 12.7. The number of hydrogen-bond donors (Lipinski definition) is 0. The Morgan fingerprint density at radius 2 is 1.63 bits per heavy atom. The molecule has 0 saturated heterocycles. The molecule has 0 aliphatic heterocycles. The van der Waals surface area contributed by atoms with E-state index in [1.807, 2.05) is 50.2 Å².